The lowest BCUT2D eigenvalue weighted by atomic mass is 10.1. The summed E-state index contributed by atoms with van der Waals surface area (Å²) in [5, 5.41) is 0.755. The molecule has 0 spiro atoms. The molecular formula is C9H10ClN. The van der Waals surface area contributed by atoms with Crippen LogP contribution in [0.3, 0.4) is 0 Å². The molecule has 0 aliphatic rings. The second kappa shape index (κ2) is 3.54. The average molecular weight is 168 g/mol. The smallest absolute Gasteiger partial charge is 0.0412 e. The minimum atomic E-state index is 0.755. The van der Waals surface area contributed by atoms with Gasteiger partial charge in [-0.25, -0.2) is 0 Å². The predicted molar refractivity (Wildman–Crippen MR) is 49.6 cm³/mol. The molecule has 0 fully saturated rings. The zero-order chi connectivity index (χ0) is 8.27. The Morgan fingerprint density at radius 1 is 1.45 bits per heavy atom. The number of rotatable bonds is 1. The number of aliphatic imine (C=N–C) groups is 1. The molecule has 58 valence electrons. The van der Waals surface area contributed by atoms with Crippen molar-refractivity contribution in [2.45, 2.75) is 6.92 Å². The van der Waals surface area contributed by atoms with Crippen molar-refractivity contribution in [1.82, 2.24) is 0 Å². The highest BCUT2D eigenvalue weighted by Gasteiger charge is 1.95. The summed E-state index contributed by atoms with van der Waals surface area (Å²) in [6.07, 6.45) is 0. The lowest BCUT2D eigenvalue weighted by Crippen LogP contribution is -1.92. The fourth-order valence-electron chi connectivity index (χ4n) is 0.843. The Balaban J connectivity index is 3.06. The SMILES string of the molecule is CN=C(C)c1cccc(Cl)c1. The van der Waals surface area contributed by atoms with Gasteiger partial charge in [-0.1, -0.05) is 23.7 Å². The van der Waals surface area contributed by atoms with Gasteiger partial charge in [-0.3, -0.25) is 4.99 Å². The Kier molecular flexibility index (Phi) is 2.66. The Morgan fingerprint density at radius 2 is 2.18 bits per heavy atom. The average Bonchev–Trinajstić information content (AvgIpc) is 2.03. The highest BCUT2D eigenvalue weighted by atomic mass is 35.5. The number of hydrogen-bond acceptors (Lipinski definition) is 1. The molecule has 0 atom stereocenters. The van der Waals surface area contributed by atoms with Crippen LogP contribution in [0.2, 0.25) is 5.02 Å². The molecule has 0 amide bonds. The zero-order valence-electron chi connectivity index (χ0n) is 6.63. The van der Waals surface area contributed by atoms with Gasteiger partial charge in [-0.2, -0.15) is 0 Å². The summed E-state index contributed by atoms with van der Waals surface area (Å²) in [6, 6.07) is 7.68. The summed E-state index contributed by atoms with van der Waals surface area (Å²) >= 11 is 5.79. The highest BCUT2D eigenvalue weighted by molar-refractivity contribution is 6.31. The molecule has 0 saturated heterocycles. The zero-order valence-corrected chi connectivity index (χ0v) is 7.39. The van der Waals surface area contributed by atoms with Gasteiger partial charge in [0, 0.05) is 17.8 Å². The van der Waals surface area contributed by atoms with E-state index >= 15 is 0 Å². The molecular weight excluding hydrogens is 158 g/mol. The monoisotopic (exact) mass is 167 g/mol. The molecule has 0 aromatic heterocycles. The summed E-state index contributed by atoms with van der Waals surface area (Å²) in [6.45, 7) is 1.96. The van der Waals surface area contributed by atoms with E-state index in [1.165, 1.54) is 0 Å². The second-order valence-corrected chi connectivity index (χ2v) is 2.76. The van der Waals surface area contributed by atoms with Crippen molar-refractivity contribution in [2.24, 2.45) is 4.99 Å². The fraction of sp³-hybridized carbons (Fsp3) is 0.222. The van der Waals surface area contributed by atoms with Crippen LogP contribution in [0.4, 0.5) is 0 Å². The van der Waals surface area contributed by atoms with Crippen LogP contribution in [-0.4, -0.2) is 12.8 Å². The van der Waals surface area contributed by atoms with Crippen LogP contribution in [0.5, 0.6) is 0 Å². The number of nitrogens with zero attached hydrogens (tertiary/aromatic N) is 1. The van der Waals surface area contributed by atoms with Crippen LogP contribution in [0.1, 0.15) is 12.5 Å². The molecule has 1 aromatic rings. The summed E-state index contributed by atoms with van der Waals surface area (Å²) in [5.41, 5.74) is 2.09. The van der Waals surface area contributed by atoms with E-state index in [2.05, 4.69) is 4.99 Å². The molecule has 11 heavy (non-hydrogen) atoms. The van der Waals surface area contributed by atoms with E-state index in [1.807, 2.05) is 31.2 Å². The van der Waals surface area contributed by atoms with E-state index in [4.69, 9.17) is 11.6 Å². The first-order valence-electron chi connectivity index (χ1n) is 3.43. The Labute approximate surface area is 71.7 Å². The Bertz CT molecular complexity index is 279. The predicted octanol–water partition coefficient (Wildman–Crippen LogP) is 2.78. The van der Waals surface area contributed by atoms with Crippen molar-refractivity contribution in [3.05, 3.63) is 34.9 Å². The van der Waals surface area contributed by atoms with Crippen LogP contribution in [0, 0.1) is 0 Å². The van der Waals surface area contributed by atoms with E-state index in [1.54, 1.807) is 7.05 Å². The van der Waals surface area contributed by atoms with E-state index in [-0.39, 0.29) is 0 Å². The third-order valence-electron chi connectivity index (χ3n) is 1.58. The molecule has 0 heterocycles. The van der Waals surface area contributed by atoms with E-state index in [9.17, 15) is 0 Å². The van der Waals surface area contributed by atoms with Crippen molar-refractivity contribution in [2.75, 3.05) is 7.05 Å². The largest absolute Gasteiger partial charge is 0.293 e. The first kappa shape index (κ1) is 8.28. The van der Waals surface area contributed by atoms with Gasteiger partial charge < -0.3 is 0 Å². The first-order valence-corrected chi connectivity index (χ1v) is 3.81. The Hall–Kier alpha value is -0.820. The molecule has 1 nitrogen and oxygen atoms in total. The minimum absolute atomic E-state index is 0.755. The fourth-order valence-corrected chi connectivity index (χ4v) is 1.03. The minimum Gasteiger partial charge on any atom is -0.293 e. The maximum Gasteiger partial charge on any atom is 0.0412 e. The maximum absolute atomic E-state index is 5.79. The molecule has 0 saturated carbocycles. The molecule has 0 aliphatic heterocycles. The van der Waals surface area contributed by atoms with Crippen LogP contribution < -0.4 is 0 Å². The van der Waals surface area contributed by atoms with Crippen molar-refractivity contribution in [3.8, 4) is 0 Å². The van der Waals surface area contributed by atoms with Crippen LogP contribution in [0.25, 0.3) is 0 Å². The van der Waals surface area contributed by atoms with Gasteiger partial charge >= 0.3 is 0 Å². The third kappa shape index (κ3) is 2.05. The summed E-state index contributed by atoms with van der Waals surface area (Å²) < 4.78 is 0. The standard InChI is InChI=1S/C9H10ClN/c1-7(11-2)8-4-3-5-9(10)6-8/h3-6H,1-2H3. The van der Waals surface area contributed by atoms with Gasteiger partial charge in [0.25, 0.3) is 0 Å². The molecule has 0 unspecified atom stereocenters. The topological polar surface area (TPSA) is 12.4 Å². The molecule has 1 rings (SSSR count). The molecule has 2 heteroatoms. The molecule has 0 N–H and O–H groups in total. The molecule has 0 aliphatic carbocycles. The van der Waals surface area contributed by atoms with Crippen LogP contribution >= 0.6 is 11.6 Å². The molecule has 0 radical (unpaired) electrons. The molecule has 1 aromatic carbocycles. The summed E-state index contributed by atoms with van der Waals surface area (Å²) in [7, 11) is 1.77. The maximum atomic E-state index is 5.79. The summed E-state index contributed by atoms with van der Waals surface area (Å²) in [5.74, 6) is 0. The first-order chi connectivity index (χ1) is 5.24. The van der Waals surface area contributed by atoms with Gasteiger partial charge in [-0.05, 0) is 24.6 Å². The van der Waals surface area contributed by atoms with Gasteiger partial charge in [0.1, 0.15) is 0 Å². The van der Waals surface area contributed by atoms with Crippen molar-refractivity contribution >= 4 is 17.3 Å². The number of hydrogen-bond donors (Lipinski definition) is 0. The van der Waals surface area contributed by atoms with E-state index in [0.717, 1.165) is 16.3 Å². The van der Waals surface area contributed by atoms with Crippen molar-refractivity contribution in [3.63, 3.8) is 0 Å². The van der Waals surface area contributed by atoms with E-state index in [0.29, 0.717) is 0 Å². The van der Waals surface area contributed by atoms with Gasteiger partial charge in [0.2, 0.25) is 0 Å². The third-order valence-corrected chi connectivity index (χ3v) is 1.81. The quantitative estimate of drug-likeness (QED) is 0.571. The number of halogens is 1. The highest BCUT2D eigenvalue weighted by Crippen LogP contribution is 2.10. The van der Waals surface area contributed by atoms with Crippen LogP contribution in [0.15, 0.2) is 29.3 Å². The number of benzene rings is 1. The Morgan fingerprint density at radius 3 is 2.73 bits per heavy atom. The second-order valence-electron chi connectivity index (χ2n) is 2.32. The molecule has 0 bridgehead atoms. The lowest BCUT2D eigenvalue weighted by Gasteiger charge is -1.98. The van der Waals surface area contributed by atoms with Gasteiger partial charge in [0.05, 0.1) is 0 Å². The van der Waals surface area contributed by atoms with Crippen LogP contribution in [-0.2, 0) is 0 Å². The lowest BCUT2D eigenvalue weighted by molar-refractivity contribution is 1.41. The van der Waals surface area contributed by atoms with E-state index < -0.39 is 0 Å². The normalized spacial score (nSPS) is 11.7. The van der Waals surface area contributed by atoms with Crippen molar-refractivity contribution in [1.29, 1.82) is 0 Å². The van der Waals surface area contributed by atoms with Crippen molar-refractivity contribution < 1.29 is 0 Å². The summed E-state index contributed by atoms with van der Waals surface area (Å²) in [4.78, 5) is 4.06. The van der Waals surface area contributed by atoms with Gasteiger partial charge in [-0.15, -0.1) is 0 Å². The van der Waals surface area contributed by atoms with Gasteiger partial charge in [0.15, 0.2) is 0 Å².